The Morgan fingerprint density at radius 3 is 2.44 bits per heavy atom. The lowest BCUT2D eigenvalue weighted by atomic mass is 9.85. The maximum Gasteiger partial charge on any atom is 0.342 e. The fourth-order valence-electron chi connectivity index (χ4n) is 1.58. The van der Waals surface area contributed by atoms with Gasteiger partial charge in [-0.3, -0.25) is 0 Å². The second-order valence-electron chi connectivity index (χ2n) is 4.45. The Bertz CT molecular complexity index is 394. The van der Waals surface area contributed by atoms with Crippen molar-refractivity contribution in [1.29, 1.82) is 0 Å². The largest absolute Gasteiger partial charge is 0.477 e. The summed E-state index contributed by atoms with van der Waals surface area (Å²) in [6, 6.07) is 10.0. The van der Waals surface area contributed by atoms with Crippen LogP contribution in [-0.2, 0) is 11.2 Å². The number of halogens is 1. The lowest BCUT2D eigenvalue weighted by Gasteiger charge is -2.20. The zero-order valence-electron chi connectivity index (χ0n) is 9.40. The van der Waals surface area contributed by atoms with E-state index in [1.165, 1.54) is 5.56 Å². The second kappa shape index (κ2) is 5.30. The van der Waals surface area contributed by atoms with E-state index >= 15 is 0 Å². The van der Waals surface area contributed by atoms with E-state index in [4.69, 9.17) is 5.11 Å². The Balaban J connectivity index is 2.80. The van der Waals surface area contributed by atoms with Gasteiger partial charge in [0.15, 0.2) is 0 Å². The summed E-state index contributed by atoms with van der Waals surface area (Å²) in [4.78, 5) is 10.7. The van der Waals surface area contributed by atoms with Gasteiger partial charge < -0.3 is 5.11 Å². The molecule has 86 valence electrons. The normalized spacial score (nSPS) is 12.6. The molecule has 0 aliphatic rings. The summed E-state index contributed by atoms with van der Waals surface area (Å²) < 4.78 is 0.216. The molecule has 1 N–H and O–H groups in total. The van der Waals surface area contributed by atoms with E-state index in [1.807, 2.05) is 44.2 Å². The molecular weight excluding hydrogens is 268 g/mol. The summed E-state index contributed by atoms with van der Waals surface area (Å²) in [6.07, 6.45) is 2.55. The van der Waals surface area contributed by atoms with Gasteiger partial charge in [0.1, 0.15) is 0 Å². The summed E-state index contributed by atoms with van der Waals surface area (Å²) in [5.74, 6) is -0.930. The van der Waals surface area contributed by atoms with E-state index in [-0.39, 0.29) is 9.90 Å². The topological polar surface area (TPSA) is 37.3 Å². The minimum absolute atomic E-state index is 0.182. The third-order valence-electron chi connectivity index (χ3n) is 2.22. The van der Waals surface area contributed by atoms with Crippen molar-refractivity contribution in [3.8, 4) is 0 Å². The number of carbonyl (C=O) groups is 1. The SMILES string of the molecule is CC(C)(C=C(Br)C(=O)O)Cc1ccccc1. The molecular formula is C13H15BrO2. The Labute approximate surface area is 104 Å². The molecule has 3 heteroatoms. The lowest BCUT2D eigenvalue weighted by molar-refractivity contribution is -0.131. The first-order chi connectivity index (χ1) is 7.41. The molecule has 1 aromatic carbocycles. The molecule has 2 nitrogen and oxygen atoms in total. The van der Waals surface area contributed by atoms with Crippen molar-refractivity contribution in [2.24, 2.45) is 5.41 Å². The van der Waals surface area contributed by atoms with Crippen molar-refractivity contribution < 1.29 is 9.90 Å². The number of aliphatic carboxylic acids is 1. The summed E-state index contributed by atoms with van der Waals surface area (Å²) in [7, 11) is 0. The summed E-state index contributed by atoms with van der Waals surface area (Å²) in [5.41, 5.74) is 1.02. The fourth-order valence-corrected chi connectivity index (χ4v) is 2.20. The fraction of sp³-hybridized carbons (Fsp3) is 0.308. The molecule has 1 aromatic rings. The van der Waals surface area contributed by atoms with Crippen molar-refractivity contribution in [3.05, 3.63) is 46.5 Å². The van der Waals surface area contributed by atoms with Gasteiger partial charge in [0.2, 0.25) is 0 Å². The summed E-state index contributed by atoms with van der Waals surface area (Å²) >= 11 is 3.05. The summed E-state index contributed by atoms with van der Waals surface area (Å²) in [6.45, 7) is 4.04. The van der Waals surface area contributed by atoms with Gasteiger partial charge in [-0.15, -0.1) is 0 Å². The molecule has 16 heavy (non-hydrogen) atoms. The van der Waals surface area contributed by atoms with Crippen LogP contribution in [0.5, 0.6) is 0 Å². The number of carboxylic acids is 1. The van der Waals surface area contributed by atoms with Crippen molar-refractivity contribution in [3.63, 3.8) is 0 Å². The highest BCUT2D eigenvalue weighted by Crippen LogP contribution is 2.26. The van der Waals surface area contributed by atoms with Crippen LogP contribution in [0.4, 0.5) is 0 Å². The molecule has 0 unspecified atom stereocenters. The molecule has 1 rings (SSSR count). The molecule has 0 spiro atoms. The Kier molecular flexibility index (Phi) is 4.30. The van der Waals surface area contributed by atoms with E-state index in [1.54, 1.807) is 6.08 Å². The van der Waals surface area contributed by atoms with Crippen LogP contribution in [0.2, 0.25) is 0 Å². The highest BCUT2D eigenvalue weighted by atomic mass is 79.9. The van der Waals surface area contributed by atoms with Crippen LogP contribution < -0.4 is 0 Å². The molecule has 0 atom stereocenters. The molecule has 0 bridgehead atoms. The number of carboxylic acid groups (broad SMARTS) is 1. The first-order valence-corrected chi connectivity index (χ1v) is 5.85. The van der Waals surface area contributed by atoms with Crippen molar-refractivity contribution in [1.82, 2.24) is 0 Å². The Hall–Kier alpha value is -1.09. The van der Waals surface area contributed by atoms with Gasteiger partial charge in [0.25, 0.3) is 0 Å². The van der Waals surface area contributed by atoms with Crippen LogP contribution in [-0.4, -0.2) is 11.1 Å². The zero-order valence-corrected chi connectivity index (χ0v) is 11.0. The van der Waals surface area contributed by atoms with Crippen LogP contribution in [0.3, 0.4) is 0 Å². The lowest BCUT2D eigenvalue weighted by Crippen LogP contribution is -2.13. The molecule has 0 radical (unpaired) electrons. The van der Waals surface area contributed by atoms with Crippen molar-refractivity contribution in [2.75, 3.05) is 0 Å². The molecule has 0 fully saturated rings. The molecule has 0 heterocycles. The van der Waals surface area contributed by atoms with E-state index in [2.05, 4.69) is 15.9 Å². The number of hydrogen-bond donors (Lipinski definition) is 1. The van der Waals surface area contributed by atoms with Crippen LogP contribution in [0.15, 0.2) is 40.9 Å². The quantitative estimate of drug-likeness (QED) is 0.857. The second-order valence-corrected chi connectivity index (χ2v) is 5.30. The first-order valence-electron chi connectivity index (χ1n) is 5.06. The third-order valence-corrected chi connectivity index (χ3v) is 2.79. The van der Waals surface area contributed by atoms with E-state index in [9.17, 15) is 4.79 Å². The van der Waals surface area contributed by atoms with Crippen LogP contribution in [0.1, 0.15) is 19.4 Å². The van der Waals surface area contributed by atoms with Gasteiger partial charge in [0, 0.05) is 0 Å². The monoisotopic (exact) mass is 282 g/mol. The molecule has 0 aromatic heterocycles. The van der Waals surface area contributed by atoms with Gasteiger partial charge in [-0.25, -0.2) is 4.79 Å². The summed E-state index contributed by atoms with van der Waals surface area (Å²) in [5, 5.41) is 8.80. The van der Waals surface area contributed by atoms with Crippen LogP contribution in [0.25, 0.3) is 0 Å². The molecule has 0 saturated carbocycles. The average Bonchev–Trinajstić information content (AvgIpc) is 2.17. The third kappa shape index (κ3) is 4.19. The van der Waals surface area contributed by atoms with Gasteiger partial charge >= 0.3 is 5.97 Å². The van der Waals surface area contributed by atoms with Gasteiger partial charge in [-0.05, 0) is 33.3 Å². The standard InChI is InChI=1S/C13H15BrO2/c1-13(2,9-11(14)12(15)16)8-10-6-4-3-5-7-10/h3-7,9H,8H2,1-2H3,(H,15,16). The minimum Gasteiger partial charge on any atom is -0.477 e. The number of benzene rings is 1. The minimum atomic E-state index is -0.930. The predicted octanol–water partition coefficient (Wildman–Crippen LogP) is 3.62. The van der Waals surface area contributed by atoms with E-state index < -0.39 is 5.97 Å². The molecule has 0 aliphatic heterocycles. The highest BCUT2D eigenvalue weighted by molar-refractivity contribution is 9.12. The zero-order chi connectivity index (χ0) is 12.2. The van der Waals surface area contributed by atoms with Crippen LogP contribution in [0, 0.1) is 5.41 Å². The molecule has 0 saturated heterocycles. The Morgan fingerprint density at radius 2 is 1.94 bits per heavy atom. The number of allylic oxidation sites excluding steroid dienone is 1. The number of rotatable bonds is 4. The van der Waals surface area contributed by atoms with E-state index in [0.717, 1.165) is 6.42 Å². The molecule has 0 aliphatic carbocycles. The maximum atomic E-state index is 10.7. The Morgan fingerprint density at radius 1 is 1.38 bits per heavy atom. The van der Waals surface area contributed by atoms with Crippen molar-refractivity contribution in [2.45, 2.75) is 20.3 Å². The maximum absolute atomic E-state index is 10.7. The smallest absolute Gasteiger partial charge is 0.342 e. The average molecular weight is 283 g/mol. The highest BCUT2D eigenvalue weighted by Gasteiger charge is 2.18. The predicted molar refractivity (Wildman–Crippen MR) is 68.6 cm³/mol. The van der Waals surface area contributed by atoms with E-state index in [0.29, 0.717) is 0 Å². The molecule has 0 amide bonds. The number of hydrogen-bond acceptors (Lipinski definition) is 1. The van der Waals surface area contributed by atoms with Crippen LogP contribution >= 0.6 is 15.9 Å². The van der Waals surface area contributed by atoms with Gasteiger partial charge in [-0.1, -0.05) is 50.3 Å². The first kappa shape index (κ1) is 13.0. The van der Waals surface area contributed by atoms with Gasteiger partial charge in [0.05, 0.1) is 4.48 Å². The van der Waals surface area contributed by atoms with Crippen molar-refractivity contribution >= 4 is 21.9 Å². The van der Waals surface area contributed by atoms with Gasteiger partial charge in [-0.2, -0.15) is 0 Å².